The molecule has 0 unspecified atom stereocenters. The quantitative estimate of drug-likeness (QED) is 0.398. The largest absolute Gasteiger partial charge is 0.497 e. The lowest BCUT2D eigenvalue weighted by molar-refractivity contribution is 0.0740. The maximum absolute atomic E-state index is 13.0. The maximum Gasteiger partial charge on any atom is 0.272 e. The van der Waals surface area contributed by atoms with Gasteiger partial charge in [0, 0.05) is 55.9 Å². The van der Waals surface area contributed by atoms with Crippen molar-refractivity contribution in [3.05, 3.63) is 83.5 Å². The number of piperazine rings is 1. The third-order valence-corrected chi connectivity index (χ3v) is 6.55. The van der Waals surface area contributed by atoms with E-state index in [0.29, 0.717) is 48.3 Å². The summed E-state index contributed by atoms with van der Waals surface area (Å²) in [5, 5.41) is 0.500. The molecule has 0 bridgehead atoms. The summed E-state index contributed by atoms with van der Waals surface area (Å²) in [5.41, 5.74) is 4.43. The van der Waals surface area contributed by atoms with Crippen molar-refractivity contribution in [1.82, 2.24) is 24.8 Å². The summed E-state index contributed by atoms with van der Waals surface area (Å²) >= 11 is 6.51. The Morgan fingerprint density at radius 1 is 0.944 bits per heavy atom. The fourth-order valence-corrected chi connectivity index (χ4v) is 4.45. The van der Waals surface area contributed by atoms with Crippen LogP contribution in [0.3, 0.4) is 0 Å². The molecule has 1 saturated heterocycles. The monoisotopic (exact) mass is 500 g/mol. The van der Waals surface area contributed by atoms with E-state index < -0.39 is 0 Å². The molecule has 0 N–H and O–H groups in total. The van der Waals surface area contributed by atoms with Gasteiger partial charge in [-0.15, -0.1) is 0 Å². The van der Waals surface area contributed by atoms with Crippen molar-refractivity contribution in [2.45, 2.75) is 6.92 Å². The molecule has 1 fully saturated rings. The second-order valence-electron chi connectivity index (χ2n) is 8.46. The number of rotatable bonds is 5. The van der Waals surface area contributed by atoms with E-state index in [1.165, 1.54) is 0 Å². The van der Waals surface area contributed by atoms with Gasteiger partial charge in [0.1, 0.15) is 23.0 Å². The van der Waals surface area contributed by atoms with E-state index in [0.717, 1.165) is 28.3 Å². The van der Waals surface area contributed by atoms with Crippen molar-refractivity contribution >= 4 is 23.3 Å². The first kappa shape index (κ1) is 23.7. The van der Waals surface area contributed by atoms with Gasteiger partial charge in [0.25, 0.3) is 5.91 Å². The molecule has 1 amide bonds. The molecule has 4 aromatic rings. The van der Waals surface area contributed by atoms with Crippen LogP contribution in [0.2, 0.25) is 5.02 Å². The molecule has 0 atom stereocenters. The molecule has 8 nitrogen and oxygen atoms in total. The maximum atomic E-state index is 13.0. The number of hydrogen-bond acceptors (Lipinski definition) is 7. The van der Waals surface area contributed by atoms with E-state index in [1.54, 1.807) is 31.9 Å². The van der Waals surface area contributed by atoms with Crippen molar-refractivity contribution < 1.29 is 9.53 Å². The van der Waals surface area contributed by atoms with Gasteiger partial charge >= 0.3 is 0 Å². The van der Waals surface area contributed by atoms with Crippen molar-refractivity contribution in [2.24, 2.45) is 0 Å². The molecule has 5 rings (SSSR count). The molecule has 0 spiro atoms. The summed E-state index contributed by atoms with van der Waals surface area (Å²) in [7, 11) is 1.64. The first-order valence-corrected chi connectivity index (χ1v) is 12.0. The van der Waals surface area contributed by atoms with Crippen LogP contribution in [0.1, 0.15) is 16.1 Å². The molecule has 1 aliphatic rings. The fourth-order valence-electron chi connectivity index (χ4n) is 4.25. The van der Waals surface area contributed by atoms with E-state index >= 15 is 0 Å². The van der Waals surface area contributed by atoms with Crippen LogP contribution in [0.25, 0.3) is 22.5 Å². The summed E-state index contributed by atoms with van der Waals surface area (Å²) < 4.78 is 5.29. The van der Waals surface area contributed by atoms with E-state index in [4.69, 9.17) is 26.3 Å². The van der Waals surface area contributed by atoms with E-state index in [2.05, 4.69) is 14.9 Å². The van der Waals surface area contributed by atoms with E-state index in [1.807, 2.05) is 54.3 Å². The number of aromatic nitrogens is 4. The van der Waals surface area contributed by atoms with Crippen LogP contribution in [-0.4, -0.2) is 64.0 Å². The Morgan fingerprint density at radius 3 is 2.42 bits per heavy atom. The summed E-state index contributed by atoms with van der Waals surface area (Å²) in [6.45, 7) is 4.32. The first-order chi connectivity index (χ1) is 17.5. The lowest BCUT2D eigenvalue weighted by Crippen LogP contribution is -2.49. The van der Waals surface area contributed by atoms with Crippen LogP contribution in [0, 0.1) is 6.92 Å². The molecule has 9 heteroatoms. The second-order valence-corrected chi connectivity index (χ2v) is 8.86. The number of benzene rings is 1. The molecular weight excluding hydrogens is 476 g/mol. The lowest BCUT2D eigenvalue weighted by atomic mass is 10.0. The Bertz CT molecular complexity index is 1390. The summed E-state index contributed by atoms with van der Waals surface area (Å²) in [4.78, 5) is 35.1. The molecule has 0 saturated carbocycles. The molecule has 3 aromatic heterocycles. The molecule has 1 aliphatic heterocycles. The van der Waals surface area contributed by atoms with Crippen LogP contribution >= 0.6 is 11.6 Å². The minimum atomic E-state index is -0.0436. The summed E-state index contributed by atoms with van der Waals surface area (Å²) in [6, 6.07) is 13.3. The standard InChI is InChI=1S/C27H25ClN6O2/c1-18-4-3-10-30-24(18)27(35)34-14-12-33(13-15-34)23-17-31-25(19-5-7-20(36-2)8-6-19)26(32-23)21-9-11-29-16-22(21)28/h3-11,16-17H,12-15H2,1-2H3. The Morgan fingerprint density at radius 2 is 1.72 bits per heavy atom. The number of pyridine rings is 2. The predicted octanol–water partition coefficient (Wildman–Crippen LogP) is 4.53. The first-order valence-electron chi connectivity index (χ1n) is 11.6. The zero-order chi connectivity index (χ0) is 25.1. The normalized spacial score (nSPS) is 13.5. The number of halogens is 1. The molecule has 0 radical (unpaired) electrons. The SMILES string of the molecule is COc1ccc(-c2ncc(N3CCN(C(=O)c4ncccc4C)CC3)nc2-c2ccncc2Cl)cc1. The molecule has 4 heterocycles. The number of anilines is 1. The number of nitrogens with zero attached hydrogens (tertiary/aromatic N) is 6. The number of aryl methyl sites for hydroxylation is 1. The van der Waals surface area contributed by atoms with Gasteiger partial charge in [-0.2, -0.15) is 0 Å². The molecule has 182 valence electrons. The average molecular weight is 501 g/mol. The Labute approximate surface area is 214 Å². The molecular formula is C27H25ClN6O2. The molecule has 1 aromatic carbocycles. The van der Waals surface area contributed by atoms with Crippen molar-refractivity contribution in [1.29, 1.82) is 0 Å². The highest BCUT2D eigenvalue weighted by Crippen LogP contribution is 2.35. The van der Waals surface area contributed by atoms with Gasteiger partial charge in [0.15, 0.2) is 0 Å². The van der Waals surface area contributed by atoms with E-state index in [9.17, 15) is 4.79 Å². The Balaban J connectivity index is 1.43. The zero-order valence-electron chi connectivity index (χ0n) is 20.1. The number of carbonyl (C=O) groups excluding carboxylic acids is 1. The minimum absolute atomic E-state index is 0.0436. The molecule has 36 heavy (non-hydrogen) atoms. The van der Waals surface area contributed by atoms with Crippen molar-refractivity contribution in [3.63, 3.8) is 0 Å². The Hall–Kier alpha value is -4.04. The van der Waals surface area contributed by atoms with Crippen LogP contribution < -0.4 is 9.64 Å². The van der Waals surface area contributed by atoms with Crippen molar-refractivity contribution in [2.75, 3.05) is 38.2 Å². The van der Waals surface area contributed by atoms with Gasteiger partial charge in [-0.05, 0) is 48.9 Å². The number of methoxy groups -OCH3 is 1. The lowest BCUT2D eigenvalue weighted by Gasteiger charge is -2.35. The fraction of sp³-hybridized carbons (Fsp3) is 0.222. The average Bonchev–Trinajstić information content (AvgIpc) is 2.93. The van der Waals surface area contributed by atoms with Gasteiger partial charge in [0.2, 0.25) is 0 Å². The van der Waals surface area contributed by atoms with Crippen LogP contribution in [0.4, 0.5) is 5.82 Å². The van der Waals surface area contributed by atoms with E-state index in [-0.39, 0.29) is 5.91 Å². The third kappa shape index (κ3) is 4.72. The van der Waals surface area contributed by atoms with Crippen molar-refractivity contribution in [3.8, 4) is 28.3 Å². The minimum Gasteiger partial charge on any atom is -0.497 e. The highest BCUT2D eigenvalue weighted by Gasteiger charge is 2.25. The zero-order valence-corrected chi connectivity index (χ0v) is 20.8. The molecule has 0 aliphatic carbocycles. The third-order valence-electron chi connectivity index (χ3n) is 6.25. The predicted molar refractivity (Wildman–Crippen MR) is 139 cm³/mol. The number of carbonyl (C=O) groups is 1. The van der Waals surface area contributed by atoms with Gasteiger partial charge < -0.3 is 14.5 Å². The number of amides is 1. The van der Waals surface area contributed by atoms with Gasteiger partial charge in [0.05, 0.1) is 24.0 Å². The topological polar surface area (TPSA) is 84.3 Å². The van der Waals surface area contributed by atoms with Gasteiger partial charge in [-0.3, -0.25) is 19.7 Å². The second kappa shape index (κ2) is 10.3. The van der Waals surface area contributed by atoms with Crippen LogP contribution in [0.5, 0.6) is 5.75 Å². The number of hydrogen-bond donors (Lipinski definition) is 0. The van der Waals surface area contributed by atoms with Gasteiger partial charge in [-0.1, -0.05) is 17.7 Å². The smallest absolute Gasteiger partial charge is 0.272 e. The van der Waals surface area contributed by atoms with Crippen LogP contribution in [0.15, 0.2) is 67.3 Å². The highest BCUT2D eigenvalue weighted by molar-refractivity contribution is 6.33. The van der Waals surface area contributed by atoms with Gasteiger partial charge in [-0.25, -0.2) is 4.98 Å². The Kier molecular flexibility index (Phi) is 6.77. The number of ether oxygens (including phenoxy) is 1. The summed E-state index contributed by atoms with van der Waals surface area (Å²) in [6.07, 6.45) is 6.73. The highest BCUT2D eigenvalue weighted by atomic mass is 35.5. The summed E-state index contributed by atoms with van der Waals surface area (Å²) in [5.74, 6) is 1.45. The van der Waals surface area contributed by atoms with Crippen LogP contribution in [-0.2, 0) is 0 Å².